The quantitative estimate of drug-likeness (QED) is 0.288. The molecule has 16 heavy (non-hydrogen) atoms. The summed E-state index contributed by atoms with van der Waals surface area (Å²) in [7, 11) is 1.97. The van der Waals surface area contributed by atoms with E-state index in [0.717, 1.165) is 51.7 Å². The summed E-state index contributed by atoms with van der Waals surface area (Å²) in [6.07, 6.45) is 0. The van der Waals surface area contributed by atoms with Gasteiger partial charge in [-0.1, -0.05) is 6.92 Å². The minimum Gasteiger partial charge on any atom is -0.318 e. The Morgan fingerprint density at radius 2 is 1.38 bits per heavy atom. The summed E-state index contributed by atoms with van der Waals surface area (Å²) < 4.78 is 0. The Kier molecular flexibility index (Phi) is 13.3. The first-order valence-electron chi connectivity index (χ1n) is 6.14. The number of hydrogen-bond donors (Lipinski definition) is 4. The zero-order valence-electron chi connectivity index (χ0n) is 10.6. The van der Waals surface area contributed by atoms with Crippen molar-refractivity contribution in [3.05, 3.63) is 0 Å². The molecule has 0 aromatic carbocycles. The summed E-state index contributed by atoms with van der Waals surface area (Å²) in [6.45, 7) is 9.29. The minimum atomic E-state index is 0.560. The summed E-state index contributed by atoms with van der Waals surface area (Å²) in [6, 6.07) is 0. The third-order valence-electron chi connectivity index (χ3n) is 2.27. The largest absolute Gasteiger partial charge is 0.318 e. The lowest BCUT2D eigenvalue weighted by Gasteiger charge is -2.10. The van der Waals surface area contributed by atoms with Crippen molar-refractivity contribution in [2.45, 2.75) is 6.92 Å². The van der Waals surface area contributed by atoms with Gasteiger partial charge in [0.1, 0.15) is 0 Å². The first-order chi connectivity index (χ1) is 7.81. The molecule has 0 spiro atoms. The highest BCUT2D eigenvalue weighted by Crippen LogP contribution is 1.93. The predicted octanol–water partition coefficient (Wildman–Crippen LogP) is -0.150. The van der Waals surface area contributed by atoms with Crippen molar-refractivity contribution >= 4 is 11.6 Å². The van der Waals surface area contributed by atoms with Gasteiger partial charge in [0.05, 0.1) is 0 Å². The van der Waals surface area contributed by atoms with E-state index in [-0.39, 0.29) is 0 Å². The number of likely N-dealkylation sites (N-methyl/N-ethyl adjacent to an activating group) is 1. The van der Waals surface area contributed by atoms with Crippen molar-refractivity contribution in [1.29, 1.82) is 0 Å². The Balaban J connectivity index is 2.93. The van der Waals surface area contributed by atoms with Gasteiger partial charge in [-0.15, -0.1) is 11.6 Å². The second kappa shape index (κ2) is 13.2. The van der Waals surface area contributed by atoms with E-state index in [0.29, 0.717) is 5.92 Å². The molecule has 1 unspecified atom stereocenters. The second-order valence-corrected chi connectivity index (χ2v) is 4.38. The van der Waals surface area contributed by atoms with Gasteiger partial charge < -0.3 is 21.3 Å². The van der Waals surface area contributed by atoms with Crippen molar-refractivity contribution in [1.82, 2.24) is 21.3 Å². The summed E-state index contributed by atoms with van der Waals surface area (Å²) in [5.74, 6) is 1.29. The highest BCUT2D eigenvalue weighted by atomic mass is 35.5. The first kappa shape index (κ1) is 16.1. The normalized spacial score (nSPS) is 12.9. The molecule has 98 valence electrons. The number of nitrogens with one attached hydrogen (secondary N) is 4. The van der Waals surface area contributed by atoms with E-state index in [1.807, 2.05) is 7.05 Å². The number of hydrogen-bond acceptors (Lipinski definition) is 4. The highest BCUT2D eigenvalue weighted by Gasteiger charge is 1.97. The number of alkyl halides is 1. The van der Waals surface area contributed by atoms with Crippen molar-refractivity contribution < 1.29 is 0 Å². The molecule has 1 atom stereocenters. The average Bonchev–Trinajstić information content (AvgIpc) is 2.31. The molecule has 0 aromatic heterocycles. The van der Waals surface area contributed by atoms with Crippen molar-refractivity contribution in [3.63, 3.8) is 0 Å². The molecule has 0 amide bonds. The fourth-order valence-corrected chi connectivity index (χ4v) is 1.33. The second-order valence-electron chi connectivity index (χ2n) is 4.07. The molecule has 0 fully saturated rings. The molecule has 0 saturated carbocycles. The van der Waals surface area contributed by atoms with Crippen LogP contribution in [-0.2, 0) is 0 Å². The van der Waals surface area contributed by atoms with Crippen molar-refractivity contribution in [2.24, 2.45) is 5.92 Å². The molecular formula is C11H27ClN4. The Morgan fingerprint density at radius 3 is 1.88 bits per heavy atom. The van der Waals surface area contributed by atoms with Crippen LogP contribution in [0.3, 0.4) is 0 Å². The Morgan fingerprint density at radius 1 is 0.875 bits per heavy atom. The molecule has 0 heterocycles. The molecule has 0 aliphatic heterocycles. The van der Waals surface area contributed by atoms with Crippen LogP contribution < -0.4 is 21.3 Å². The van der Waals surface area contributed by atoms with E-state index in [9.17, 15) is 0 Å². The van der Waals surface area contributed by atoms with E-state index in [4.69, 9.17) is 11.6 Å². The van der Waals surface area contributed by atoms with Crippen LogP contribution in [0.25, 0.3) is 0 Å². The molecule has 4 nitrogen and oxygen atoms in total. The van der Waals surface area contributed by atoms with Crippen LogP contribution in [0.15, 0.2) is 0 Å². The maximum absolute atomic E-state index is 5.71. The van der Waals surface area contributed by atoms with Crippen LogP contribution in [0.4, 0.5) is 0 Å². The molecule has 0 saturated heterocycles. The summed E-state index contributed by atoms with van der Waals surface area (Å²) in [5, 5.41) is 13.2. The summed E-state index contributed by atoms with van der Waals surface area (Å²) >= 11 is 5.71. The van der Waals surface area contributed by atoms with Gasteiger partial charge in [0.15, 0.2) is 0 Å². The molecule has 0 aliphatic rings. The molecule has 0 aromatic rings. The van der Waals surface area contributed by atoms with Gasteiger partial charge in [-0.3, -0.25) is 0 Å². The van der Waals surface area contributed by atoms with E-state index < -0.39 is 0 Å². The first-order valence-corrected chi connectivity index (χ1v) is 6.67. The van der Waals surface area contributed by atoms with Gasteiger partial charge in [0.25, 0.3) is 0 Å². The van der Waals surface area contributed by atoms with Gasteiger partial charge in [0.2, 0.25) is 0 Å². The van der Waals surface area contributed by atoms with Gasteiger partial charge in [-0.2, -0.15) is 0 Å². The Bertz CT molecular complexity index is 135. The van der Waals surface area contributed by atoms with Crippen LogP contribution in [0.1, 0.15) is 6.92 Å². The molecule has 0 bridgehead atoms. The molecule has 0 radical (unpaired) electrons. The zero-order valence-corrected chi connectivity index (χ0v) is 11.4. The molecule has 0 aliphatic carbocycles. The van der Waals surface area contributed by atoms with Gasteiger partial charge >= 0.3 is 0 Å². The predicted molar refractivity (Wildman–Crippen MR) is 72.4 cm³/mol. The number of halogens is 1. The van der Waals surface area contributed by atoms with Gasteiger partial charge in [-0.25, -0.2) is 0 Å². The van der Waals surface area contributed by atoms with Gasteiger partial charge in [-0.05, 0) is 19.5 Å². The third kappa shape index (κ3) is 12.2. The highest BCUT2D eigenvalue weighted by molar-refractivity contribution is 6.18. The van der Waals surface area contributed by atoms with Crippen LogP contribution in [-0.4, -0.2) is 58.7 Å². The fraction of sp³-hybridized carbons (Fsp3) is 1.00. The maximum atomic E-state index is 5.71. The average molecular weight is 251 g/mol. The standard InChI is InChI=1S/C11H27ClN4/c1-11(9-12)10-16-8-7-15-6-5-14-4-3-13-2/h11,13-16H,3-10H2,1-2H3. The minimum absolute atomic E-state index is 0.560. The Labute approximate surface area is 105 Å². The lowest BCUT2D eigenvalue weighted by atomic mass is 10.2. The van der Waals surface area contributed by atoms with Crippen LogP contribution >= 0.6 is 11.6 Å². The summed E-state index contributed by atoms with van der Waals surface area (Å²) in [5.41, 5.74) is 0. The smallest absolute Gasteiger partial charge is 0.0261 e. The summed E-state index contributed by atoms with van der Waals surface area (Å²) in [4.78, 5) is 0. The van der Waals surface area contributed by atoms with E-state index in [1.54, 1.807) is 0 Å². The molecule has 0 rings (SSSR count). The zero-order chi connectivity index (χ0) is 12.1. The van der Waals surface area contributed by atoms with Gasteiger partial charge in [0, 0.05) is 45.1 Å². The lowest BCUT2D eigenvalue weighted by Crippen LogP contribution is -2.35. The molecule has 5 heteroatoms. The van der Waals surface area contributed by atoms with E-state index >= 15 is 0 Å². The molecule has 4 N–H and O–H groups in total. The van der Waals surface area contributed by atoms with Crippen molar-refractivity contribution in [2.75, 3.05) is 58.7 Å². The number of rotatable bonds is 12. The fourth-order valence-electron chi connectivity index (χ4n) is 1.22. The molecular weight excluding hydrogens is 224 g/mol. The Hall–Kier alpha value is 0.130. The van der Waals surface area contributed by atoms with Crippen LogP contribution in [0.2, 0.25) is 0 Å². The van der Waals surface area contributed by atoms with E-state index in [1.165, 1.54) is 0 Å². The van der Waals surface area contributed by atoms with Crippen molar-refractivity contribution in [3.8, 4) is 0 Å². The van der Waals surface area contributed by atoms with E-state index in [2.05, 4.69) is 28.2 Å². The topological polar surface area (TPSA) is 48.1 Å². The third-order valence-corrected chi connectivity index (χ3v) is 2.79. The lowest BCUT2D eigenvalue weighted by molar-refractivity contribution is 0.532. The van der Waals surface area contributed by atoms with Crippen LogP contribution in [0.5, 0.6) is 0 Å². The monoisotopic (exact) mass is 250 g/mol. The van der Waals surface area contributed by atoms with Crippen LogP contribution in [0, 0.1) is 5.92 Å². The SMILES string of the molecule is CNCCNCCNCCNCC(C)CCl. The maximum Gasteiger partial charge on any atom is 0.0261 e.